The molecule has 3 N–H and O–H groups in total. The molecule has 1 fully saturated rings. The van der Waals surface area contributed by atoms with E-state index in [-0.39, 0.29) is 30.3 Å². The first-order valence-corrected chi connectivity index (χ1v) is 6.82. The van der Waals surface area contributed by atoms with Crippen molar-refractivity contribution in [3.8, 4) is 0 Å². The third kappa shape index (κ3) is 4.68. The minimum atomic E-state index is 0. The van der Waals surface area contributed by atoms with Gasteiger partial charge in [-0.3, -0.25) is 4.79 Å². The summed E-state index contributed by atoms with van der Waals surface area (Å²) in [6, 6.07) is 7.74. The van der Waals surface area contributed by atoms with Gasteiger partial charge >= 0.3 is 0 Å². The lowest BCUT2D eigenvalue weighted by atomic mass is 10.0. The molecule has 0 aliphatic heterocycles. The number of hydrogen-bond donors (Lipinski definition) is 2. The maximum absolute atomic E-state index is 11.9. The largest absolute Gasteiger partial charge is 0.355 e. The SMILES string of the molecule is Cl.NC1CCCC1C(=O)NCCc1ccc(Cl)cc1. The first kappa shape index (κ1) is 16.3. The monoisotopic (exact) mass is 302 g/mol. The molecule has 0 bridgehead atoms. The number of carbonyl (C=O) groups is 1. The van der Waals surface area contributed by atoms with Crippen molar-refractivity contribution in [1.82, 2.24) is 5.32 Å². The molecule has 0 heterocycles. The van der Waals surface area contributed by atoms with Gasteiger partial charge in [0.1, 0.15) is 0 Å². The van der Waals surface area contributed by atoms with Gasteiger partial charge in [-0.05, 0) is 37.0 Å². The highest BCUT2D eigenvalue weighted by molar-refractivity contribution is 6.30. The van der Waals surface area contributed by atoms with E-state index in [1.54, 1.807) is 0 Å². The quantitative estimate of drug-likeness (QED) is 0.898. The van der Waals surface area contributed by atoms with Crippen molar-refractivity contribution in [2.75, 3.05) is 6.54 Å². The number of carbonyl (C=O) groups excluding carboxylic acids is 1. The van der Waals surface area contributed by atoms with Crippen LogP contribution < -0.4 is 11.1 Å². The summed E-state index contributed by atoms with van der Waals surface area (Å²) in [6.45, 7) is 0.656. The van der Waals surface area contributed by atoms with Gasteiger partial charge in [-0.15, -0.1) is 12.4 Å². The van der Waals surface area contributed by atoms with Gasteiger partial charge in [0.25, 0.3) is 0 Å². The van der Waals surface area contributed by atoms with E-state index in [4.69, 9.17) is 17.3 Å². The second-order valence-electron chi connectivity index (χ2n) is 4.87. The average molecular weight is 303 g/mol. The minimum Gasteiger partial charge on any atom is -0.355 e. The van der Waals surface area contributed by atoms with E-state index < -0.39 is 0 Å². The Balaban J connectivity index is 0.00000180. The van der Waals surface area contributed by atoms with Gasteiger partial charge in [0.2, 0.25) is 5.91 Å². The fraction of sp³-hybridized carbons (Fsp3) is 0.500. The molecule has 0 aromatic heterocycles. The van der Waals surface area contributed by atoms with Crippen LogP contribution in [0.25, 0.3) is 0 Å². The molecule has 1 aromatic rings. The zero-order chi connectivity index (χ0) is 13.0. The highest BCUT2D eigenvalue weighted by Gasteiger charge is 2.29. The first-order valence-electron chi connectivity index (χ1n) is 6.44. The molecule has 1 aromatic carbocycles. The topological polar surface area (TPSA) is 55.1 Å². The van der Waals surface area contributed by atoms with Gasteiger partial charge in [-0.2, -0.15) is 0 Å². The summed E-state index contributed by atoms with van der Waals surface area (Å²) in [5, 5.41) is 3.70. The Bertz CT molecular complexity index is 408. The lowest BCUT2D eigenvalue weighted by molar-refractivity contribution is -0.125. The van der Waals surface area contributed by atoms with E-state index in [2.05, 4.69) is 5.32 Å². The molecular weight excluding hydrogens is 283 g/mol. The van der Waals surface area contributed by atoms with Crippen LogP contribution >= 0.6 is 24.0 Å². The van der Waals surface area contributed by atoms with E-state index in [1.807, 2.05) is 24.3 Å². The number of halogens is 2. The Morgan fingerprint density at radius 1 is 1.32 bits per heavy atom. The van der Waals surface area contributed by atoms with Crippen molar-refractivity contribution >= 4 is 29.9 Å². The fourth-order valence-corrected chi connectivity index (χ4v) is 2.55. The standard InChI is InChI=1S/C14H19ClN2O.ClH/c15-11-6-4-10(5-7-11)8-9-17-14(18)12-2-1-3-13(12)16;/h4-7,12-13H,1-3,8-9,16H2,(H,17,18);1H. The summed E-state index contributed by atoms with van der Waals surface area (Å²) in [5.41, 5.74) is 7.08. The van der Waals surface area contributed by atoms with Crippen LogP contribution in [0.3, 0.4) is 0 Å². The van der Waals surface area contributed by atoms with E-state index in [0.29, 0.717) is 6.54 Å². The third-order valence-electron chi connectivity index (χ3n) is 3.53. The molecule has 3 nitrogen and oxygen atoms in total. The number of nitrogens with two attached hydrogens (primary N) is 1. The molecule has 1 aliphatic carbocycles. The van der Waals surface area contributed by atoms with Crippen LogP contribution in [-0.2, 0) is 11.2 Å². The number of nitrogens with one attached hydrogen (secondary N) is 1. The average Bonchev–Trinajstić information content (AvgIpc) is 2.78. The number of amides is 1. The molecule has 19 heavy (non-hydrogen) atoms. The zero-order valence-corrected chi connectivity index (χ0v) is 12.3. The minimum absolute atomic E-state index is 0. The molecule has 2 atom stereocenters. The number of hydrogen-bond acceptors (Lipinski definition) is 2. The van der Waals surface area contributed by atoms with Crippen molar-refractivity contribution in [2.45, 2.75) is 31.7 Å². The van der Waals surface area contributed by atoms with Crippen molar-refractivity contribution in [3.05, 3.63) is 34.9 Å². The Morgan fingerprint density at radius 3 is 2.58 bits per heavy atom. The van der Waals surface area contributed by atoms with Crippen LogP contribution in [0.4, 0.5) is 0 Å². The predicted molar refractivity (Wildman–Crippen MR) is 80.7 cm³/mol. The van der Waals surface area contributed by atoms with Crippen LogP contribution in [-0.4, -0.2) is 18.5 Å². The summed E-state index contributed by atoms with van der Waals surface area (Å²) in [5.74, 6) is 0.115. The molecule has 0 spiro atoms. The third-order valence-corrected chi connectivity index (χ3v) is 3.78. The van der Waals surface area contributed by atoms with Gasteiger partial charge in [0, 0.05) is 17.6 Å². The Morgan fingerprint density at radius 2 is 2.00 bits per heavy atom. The lowest BCUT2D eigenvalue weighted by Crippen LogP contribution is -2.39. The van der Waals surface area contributed by atoms with Crippen molar-refractivity contribution in [3.63, 3.8) is 0 Å². The van der Waals surface area contributed by atoms with E-state index in [0.717, 1.165) is 30.7 Å². The summed E-state index contributed by atoms with van der Waals surface area (Å²) >= 11 is 5.81. The maximum atomic E-state index is 11.9. The lowest BCUT2D eigenvalue weighted by Gasteiger charge is -2.15. The van der Waals surface area contributed by atoms with Crippen LogP contribution in [0.15, 0.2) is 24.3 Å². The van der Waals surface area contributed by atoms with Gasteiger partial charge < -0.3 is 11.1 Å². The van der Waals surface area contributed by atoms with Crippen LogP contribution in [0.2, 0.25) is 5.02 Å². The second-order valence-corrected chi connectivity index (χ2v) is 5.31. The van der Waals surface area contributed by atoms with Crippen LogP contribution in [0.1, 0.15) is 24.8 Å². The maximum Gasteiger partial charge on any atom is 0.224 e. The van der Waals surface area contributed by atoms with Crippen molar-refractivity contribution < 1.29 is 4.79 Å². The predicted octanol–water partition coefficient (Wildman–Crippen LogP) is 2.55. The van der Waals surface area contributed by atoms with E-state index >= 15 is 0 Å². The van der Waals surface area contributed by atoms with E-state index in [1.165, 1.54) is 5.56 Å². The smallest absolute Gasteiger partial charge is 0.224 e. The number of benzene rings is 1. The summed E-state index contributed by atoms with van der Waals surface area (Å²) in [6.07, 6.45) is 3.78. The summed E-state index contributed by atoms with van der Waals surface area (Å²) in [4.78, 5) is 11.9. The molecule has 1 amide bonds. The molecule has 106 valence electrons. The molecule has 2 unspecified atom stereocenters. The van der Waals surface area contributed by atoms with Crippen LogP contribution in [0.5, 0.6) is 0 Å². The highest BCUT2D eigenvalue weighted by atomic mass is 35.5. The summed E-state index contributed by atoms with van der Waals surface area (Å²) in [7, 11) is 0. The fourth-order valence-electron chi connectivity index (χ4n) is 2.43. The molecule has 1 aliphatic rings. The molecule has 2 rings (SSSR count). The molecule has 0 radical (unpaired) electrons. The van der Waals surface area contributed by atoms with Crippen molar-refractivity contribution in [2.24, 2.45) is 11.7 Å². The first-order chi connectivity index (χ1) is 8.66. The van der Waals surface area contributed by atoms with Gasteiger partial charge in [-0.25, -0.2) is 0 Å². The van der Waals surface area contributed by atoms with Crippen LogP contribution in [0, 0.1) is 5.92 Å². The van der Waals surface area contributed by atoms with Gasteiger partial charge in [-0.1, -0.05) is 30.2 Å². The molecule has 5 heteroatoms. The van der Waals surface area contributed by atoms with E-state index in [9.17, 15) is 4.79 Å². The Kier molecular flexibility index (Phi) is 6.63. The molecular formula is C14H20Cl2N2O. The molecule has 1 saturated carbocycles. The summed E-state index contributed by atoms with van der Waals surface area (Å²) < 4.78 is 0. The Labute approximate surface area is 125 Å². The second kappa shape index (κ2) is 7.73. The number of rotatable bonds is 4. The normalized spacial score (nSPS) is 21.8. The van der Waals surface area contributed by atoms with Gasteiger partial charge in [0.15, 0.2) is 0 Å². The van der Waals surface area contributed by atoms with Crippen molar-refractivity contribution in [1.29, 1.82) is 0 Å². The molecule has 0 saturated heterocycles. The van der Waals surface area contributed by atoms with Gasteiger partial charge in [0.05, 0.1) is 5.92 Å². The zero-order valence-electron chi connectivity index (χ0n) is 10.8. The highest BCUT2D eigenvalue weighted by Crippen LogP contribution is 2.23. The Hall–Kier alpha value is -0.770.